The molecular weight excluding hydrogens is 260 g/mol. The van der Waals surface area contributed by atoms with Gasteiger partial charge in [0.25, 0.3) is 0 Å². The molecule has 0 aromatic heterocycles. The molecule has 7 nitrogen and oxygen atoms in total. The van der Waals surface area contributed by atoms with Crippen molar-refractivity contribution in [1.82, 2.24) is 5.32 Å². The first kappa shape index (κ1) is 15.6. The number of nitrogens with zero attached hydrogens (tertiary/aromatic N) is 1. The van der Waals surface area contributed by atoms with Crippen molar-refractivity contribution < 1.29 is 14.3 Å². The highest BCUT2D eigenvalue weighted by Gasteiger charge is 2.06. The highest BCUT2D eigenvalue weighted by Crippen LogP contribution is 2.28. The van der Waals surface area contributed by atoms with Crippen LogP contribution in [0.2, 0.25) is 0 Å². The molecule has 0 fully saturated rings. The molecule has 0 heterocycles. The number of hydrogen-bond donors (Lipinski definition) is 3. The fraction of sp³-hybridized carbons (Fsp3) is 0.385. The van der Waals surface area contributed by atoms with E-state index in [4.69, 9.17) is 15.2 Å². The lowest BCUT2D eigenvalue weighted by molar-refractivity contribution is -0.119. The SMILES string of the molecule is CCNC(=O)CN=C(N)Nc1cc(OC)ccc1OC. The van der Waals surface area contributed by atoms with Gasteiger partial charge in [0.15, 0.2) is 5.96 Å². The second-order valence-corrected chi connectivity index (χ2v) is 3.85. The van der Waals surface area contributed by atoms with Crippen LogP contribution in [0.1, 0.15) is 6.92 Å². The summed E-state index contributed by atoms with van der Waals surface area (Å²) in [7, 11) is 3.12. The number of carbonyl (C=O) groups excluding carboxylic acids is 1. The number of benzene rings is 1. The number of carbonyl (C=O) groups is 1. The van der Waals surface area contributed by atoms with E-state index in [2.05, 4.69) is 15.6 Å². The topological polar surface area (TPSA) is 98.0 Å². The van der Waals surface area contributed by atoms with E-state index in [9.17, 15) is 4.79 Å². The van der Waals surface area contributed by atoms with Crippen LogP contribution in [-0.2, 0) is 4.79 Å². The second-order valence-electron chi connectivity index (χ2n) is 3.85. The number of nitrogens with two attached hydrogens (primary N) is 1. The van der Waals surface area contributed by atoms with Crippen molar-refractivity contribution in [1.29, 1.82) is 0 Å². The maximum atomic E-state index is 11.3. The number of hydrogen-bond acceptors (Lipinski definition) is 4. The van der Waals surface area contributed by atoms with E-state index in [1.165, 1.54) is 0 Å². The summed E-state index contributed by atoms with van der Waals surface area (Å²) < 4.78 is 10.3. The first-order chi connectivity index (χ1) is 9.60. The number of ether oxygens (including phenoxy) is 2. The number of rotatable bonds is 6. The minimum absolute atomic E-state index is 0.0288. The van der Waals surface area contributed by atoms with Gasteiger partial charge in [-0.15, -0.1) is 0 Å². The molecule has 0 saturated heterocycles. The van der Waals surface area contributed by atoms with E-state index < -0.39 is 0 Å². The maximum absolute atomic E-state index is 11.3. The van der Waals surface area contributed by atoms with Gasteiger partial charge in [-0.1, -0.05) is 0 Å². The molecule has 0 atom stereocenters. The Morgan fingerprint density at radius 3 is 2.70 bits per heavy atom. The van der Waals surface area contributed by atoms with Crippen LogP contribution in [-0.4, -0.2) is 39.2 Å². The Kier molecular flexibility index (Phi) is 6.15. The highest BCUT2D eigenvalue weighted by molar-refractivity contribution is 5.95. The zero-order chi connectivity index (χ0) is 15.0. The van der Waals surface area contributed by atoms with Crippen molar-refractivity contribution >= 4 is 17.6 Å². The van der Waals surface area contributed by atoms with Crippen LogP contribution in [0, 0.1) is 0 Å². The smallest absolute Gasteiger partial charge is 0.241 e. The third-order valence-electron chi connectivity index (χ3n) is 2.44. The molecule has 0 saturated carbocycles. The molecule has 1 amide bonds. The minimum atomic E-state index is -0.185. The van der Waals surface area contributed by atoms with Gasteiger partial charge < -0.3 is 25.8 Å². The average Bonchev–Trinajstić information content (AvgIpc) is 2.45. The monoisotopic (exact) mass is 280 g/mol. The van der Waals surface area contributed by atoms with Crippen LogP contribution < -0.4 is 25.8 Å². The third-order valence-corrected chi connectivity index (χ3v) is 2.44. The number of amides is 1. The van der Waals surface area contributed by atoms with E-state index in [-0.39, 0.29) is 18.4 Å². The lowest BCUT2D eigenvalue weighted by Crippen LogP contribution is -2.29. The van der Waals surface area contributed by atoms with Gasteiger partial charge in [0, 0.05) is 12.6 Å². The zero-order valence-corrected chi connectivity index (χ0v) is 11.9. The van der Waals surface area contributed by atoms with E-state index >= 15 is 0 Å². The fourth-order valence-corrected chi connectivity index (χ4v) is 1.50. The highest BCUT2D eigenvalue weighted by atomic mass is 16.5. The molecule has 7 heteroatoms. The van der Waals surface area contributed by atoms with Gasteiger partial charge in [0.2, 0.25) is 5.91 Å². The van der Waals surface area contributed by atoms with Crippen LogP contribution in [0.5, 0.6) is 11.5 Å². The van der Waals surface area contributed by atoms with Crippen molar-refractivity contribution in [3.05, 3.63) is 18.2 Å². The Hall–Kier alpha value is -2.44. The van der Waals surface area contributed by atoms with Crippen LogP contribution >= 0.6 is 0 Å². The molecule has 0 aliphatic carbocycles. The summed E-state index contributed by atoms with van der Waals surface area (Å²) in [6.45, 7) is 2.37. The molecule has 0 aliphatic rings. The first-order valence-electron chi connectivity index (χ1n) is 6.16. The molecule has 0 aliphatic heterocycles. The van der Waals surface area contributed by atoms with E-state index in [0.717, 1.165) is 0 Å². The summed E-state index contributed by atoms with van der Waals surface area (Å²) in [6.07, 6.45) is 0. The molecule has 20 heavy (non-hydrogen) atoms. The molecule has 1 aromatic carbocycles. The molecule has 1 aromatic rings. The predicted molar refractivity (Wildman–Crippen MR) is 78.3 cm³/mol. The zero-order valence-electron chi connectivity index (χ0n) is 11.9. The van der Waals surface area contributed by atoms with Crippen LogP contribution in [0.4, 0.5) is 5.69 Å². The largest absolute Gasteiger partial charge is 0.497 e. The van der Waals surface area contributed by atoms with Gasteiger partial charge in [-0.05, 0) is 19.1 Å². The van der Waals surface area contributed by atoms with Crippen LogP contribution in [0.25, 0.3) is 0 Å². The molecule has 0 spiro atoms. The standard InChI is InChI=1S/C13H20N4O3/c1-4-15-12(18)8-16-13(14)17-10-7-9(19-2)5-6-11(10)20-3/h5-7H,4,8H2,1-3H3,(H,15,18)(H3,14,16,17). The van der Waals surface area contributed by atoms with Gasteiger partial charge in [0.05, 0.1) is 19.9 Å². The number of aliphatic imine (C=N–C) groups is 1. The number of anilines is 1. The van der Waals surface area contributed by atoms with Crippen molar-refractivity contribution in [2.45, 2.75) is 6.92 Å². The molecule has 0 unspecified atom stereocenters. The first-order valence-corrected chi connectivity index (χ1v) is 6.16. The van der Waals surface area contributed by atoms with Crippen molar-refractivity contribution in [3.8, 4) is 11.5 Å². The third kappa shape index (κ3) is 4.68. The Morgan fingerprint density at radius 1 is 1.35 bits per heavy atom. The molecule has 0 bridgehead atoms. The summed E-state index contributed by atoms with van der Waals surface area (Å²) in [6, 6.07) is 5.25. The van der Waals surface area contributed by atoms with Crippen molar-refractivity contribution in [3.63, 3.8) is 0 Å². The Labute approximate surface area is 118 Å². The Morgan fingerprint density at radius 2 is 2.10 bits per heavy atom. The second kappa shape index (κ2) is 7.88. The van der Waals surface area contributed by atoms with Crippen LogP contribution in [0.3, 0.4) is 0 Å². The summed E-state index contributed by atoms with van der Waals surface area (Å²) >= 11 is 0. The van der Waals surface area contributed by atoms with Crippen molar-refractivity contribution in [2.75, 3.05) is 32.6 Å². The number of guanidine groups is 1. The van der Waals surface area contributed by atoms with E-state index in [1.54, 1.807) is 32.4 Å². The van der Waals surface area contributed by atoms with E-state index in [0.29, 0.717) is 23.7 Å². The molecule has 110 valence electrons. The molecule has 1 rings (SSSR count). The molecular formula is C13H20N4O3. The van der Waals surface area contributed by atoms with Gasteiger partial charge in [-0.3, -0.25) is 4.79 Å². The minimum Gasteiger partial charge on any atom is -0.497 e. The summed E-state index contributed by atoms with van der Waals surface area (Å²) in [5.74, 6) is 1.20. The lowest BCUT2D eigenvalue weighted by Gasteiger charge is -2.12. The Bertz CT molecular complexity index is 489. The summed E-state index contributed by atoms with van der Waals surface area (Å²) in [5.41, 5.74) is 6.34. The predicted octanol–water partition coefficient (Wildman–Crippen LogP) is 0.567. The number of methoxy groups -OCH3 is 2. The van der Waals surface area contributed by atoms with Gasteiger partial charge >= 0.3 is 0 Å². The van der Waals surface area contributed by atoms with Crippen molar-refractivity contribution in [2.24, 2.45) is 10.7 Å². The molecule has 4 N–H and O–H groups in total. The van der Waals surface area contributed by atoms with Gasteiger partial charge in [-0.2, -0.15) is 0 Å². The number of likely N-dealkylation sites (N-methyl/N-ethyl adjacent to an activating group) is 1. The van der Waals surface area contributed by atoms with Crippen LogP contribution in [0.15, 0.2) is 23.2 Å². The number of nitrogens with one attached hydrogen (secondary N) is 2. The Balaban J connectivity index is 2.75. The average molecular weight is 280 g/mol. The quantitative estimate of drug-likeness (QED) is 0.522. The lowest BCUT2D eigenvalue weighted by atomic mass is 10.2. The van der Waals surface area contributed by atoms with Gasteiger partial charge in [-0.25, -0.2) is 4.99 Å². The normalized spacial score (nSPS) is 10.8. The summed E-state index contributed by atoms with van der Waals surface area (Å²) in [4.78, 5) is 15.2. The van der Waals surface area contributed by atoms with Gasteiger partial charge in [0.1, 0.15) is 18.0 Å². The fourth-order valence-electron chi connectivity index (χ4n) is 1.50. The maximum Gasteiger partial charge on any atom is 0.241 e. The summed E-state index contributed by atoms with van der Waals surface area (Å²) in [5, 5.41) is 5.51. The molecule has 0 radical (unpaired) electrons. The van der Waals surface area contributed by atoms with E-state index in [1.807, 2.05) is 6.92 Å².